The monoisotopic (exact) mass is 496 g/mol. The van der Waals surface area contributed by atoms with E-state index in [9.17, 15) is 4.79 Å². The van der Waals surface area contributed by atoms with Crippen molar-refractivity contribution in [3.05, 3.63) is 47.4 Å². The summed E-state index contributed by atoms with van der Waals surface area (Å²) in [5, 5.41) is 14.4. The minimum absolute atomic E-state index is 0.0388. The van der Waals surface area contributed by atoms with Crippen molar-refractivity contribution in [1.82, 2.24) is 30.5 Å². The molecule has 186 valence electrons. The summed E-state index contributed by atoms with van der Waals surface area (Å²) in [6.07, 6.45) is 4.39. The minimum Gasteiger partial charge on any atom is -0.384 e. The highest BCUT2D eigenvalue weighted by Gasteiger charge is 2.22. The first-order valence-corrected chi connectivity index (χ1v) is 12.2. The average Bonchev–Trinajstić information content (AvgIpc) is 3.23. The van der Waals surface area contributed by atoms with E-state index in [1.54, 1.807) is 0 Å². The van der Waals surface area contributed by atoms with Crippen LogP contribution >= 0.6 is 11.6 Å². The van der Waals surface area contributed by atoms with E-state index in [-0.39, 0.29) is 11.6 Å². The number of hydrogen-bond acceptors (Lipinski definition) is 6. The highest BCUT2D eigenvalue weighted by molar-refractivity contribution is 6.31. The van der Waals surface area contributed by atoms with Crippen LogP contribution in [0.3, 0.4) is 0 Å². The van der Waals surface area contributed by atoms with E-state index in [2.05, 4.69) is 48.4 Å². The number of rotatable bonds is 7. The largest absolute Gasteiger partial charge is 0.384 e. The maximum absolute atomic E-state index is 12.5. The number of carbonyl (C=O) groups excluding carboxylic acids is 1. The Morgan fingerprint density at radius 2 is 1.94 bits per heavy atom. The van der Waals surface area contributed by atoms with Gasteiger partial charge in [0.05, 0.1) is 5.39 Å². The molecule has 0 spiro atoms. The Morgan fingerprint density at radius 1 is 1.14 bits per heavy atom. The molecule has 1 aliphatic heterocycles. The first kappa shape index (κ1) is 24.8. The van der Waals surface area contributed by atoms with Gasteiger partial charge in [0.1, 0.15) is 17.8 Å². The molecule has 2 amide bonds. The molecular weight excluding hydrogens is 464 g/mol. The van der Waals surface area contributed by atoms with Gasteiger partial charge in [0.25, 0.3) is 0 Å². The Bertz CT molecular complexity index is 1230. The van der Waals surface area contributed by atoms with Crippen LogP contribution in [0.2, 0.25) is 5.02 Å². The van der Waals surface area contributed by atoms with Crippen LogP contribution in [0.4, 0.5) is 22.0 Å². The molecule has 0 aliphatic carbocycles. The van der Waals surface area contributed by atoms with Crippen molar-refractivity contribution in [3.8, 4) is 0 Å². The van der Waals surface area contributed by atoms with Crippen molar-refractivity contribution < 1.29 is 4.79 Å². The van der Waals surface area contributed by atoms with Crippen LogP contribution in [0.5, 0.6) is 0 Å². The number of carbonyl (C=O) groups is 1. The molecule has 10 heteroatoms. The van der Waals surface area contributed by atoms with Crippen LogP contribution in [-0.4, -0.2) is 64.6 Å². The molecule has 1 aromatic carbocycles. The third-order valence-corrected chi connectivity index (χ3v) is 5.83. The summed E-state index contributed by atoms with van der Waals surface area (Å²) in [4.78, 5) is 26.6. The van der Waals surface area contributed by atoms with E-state index >= 15 is 0 Å². The van der Waals surface area contributed by atoms with Crippen molar-refractivity contribution in [2.24, 2.45) is 0 Å². The van der Waals surface area contributed by atoms with Gasteiger partial charge in [-0.3, -0.25) is 0 Å². The molecular formula is C25H33ClN8O. The second kappa shape index (κ2) is 10.5. The lowest BCUT2D eigenvalue weighted by Crippen LogP contribution is -2.49. The van der Waals surface area contributed by atoms with Gasteiger partial charge in [-0.1, -0.05) is 17.7 Å². The van der Waals surface area contributed by atoms with Crippen molar-refractivity contribution >= 4 is 51.4 Å². The maximum atomic E-state index is 12.5. The summed E-state index contributed by atoms with van der Waals surface area (Å²) in [7, 11) is 1.92. The standard InChI is InChI=1S/C25H33ClN8O/c1-25(2,3)33-24(35)34-9-5-16(6-10-34)21-14-20-22(29-15-30-23(20)32-21)31-19-12-17(26)11-18(13-19)28-8-7-27-4/h5,11-15,27-28H,6-10H2,1-4H3,(H,33,35)(H2,29,30,31,32). The third-order valence-electron chi connectivity index (χ3n) is 5.61. The number of fused-ring (bicyclic) bond motifs is 1. The van der Waals surface area contributed by atoms with Crippen LogP contribution in [0, 0.1) is 0 Å². The number of urea groups is 1. The molecule has 0 fully saturated rings. The molecule has 3 heterocycles. The SMILES string of the molecule is CNCCNc1cc(Cl)cc(Nc2ncnc3[nH]c(C4=CCN(C(=O)NC(C)(C)C)CC4)cc23)c1. The molecule has 0 saturated carbocycles. The second-order valence-corrected chi connectivity index (χ2v) is 10.1. The number of aromatic nitrogens is 3. The zero-order valence-corrected chi connectivity index (χ0v) is 21.4. The first-order chi connectivity index (χ1) is 16.7. The van der Waals surface area contributed by atoms with Gasteiger partial charge < -0.3 is 31.2 Å². The van der Waals surface area contributed by atoms with Crippen molar-refractivity contribution in [3.63, 3.8) is 0 Å². The van der Waals surface area contributed by atoms with E-state index in [1.165, 1.54) is 6.33 Å². The zero-order chi connectivity index (χ0) is 25.0. The molecule has 1 aliphatic rings. The van der Waals surface area contributed by atoms with Crippen molar-refractivity contribution in [2.75, 3.05) is 43.9 Å². The summed E-state index contributed by atoms with van der Waals surface area (Å²) in [5.41, 5.74) is 4.41. The number of amides is 2. The fraction of sp³-hybridized carbons (Fsp3) is 0.400. The molecule has 3 aromatic rings. The summed E-state index contributed by atoms with van der Waals surface area (Å²) in [6, 6.07) is 7.79. The first-order valence-electron chi connectivity index (χ1n) is 11.8. The van der Waals surface area contributed by atoms with E-state index in [1.807, 2.05) is 50.9 Å². The minimum atomic E-state index is -0.257. The average molecular weight is 497 g/mol. The van der Waals surface area contributed by atoms with Crippen LogP contribution in [-0.2, 0) is 0 Å². The Labute approximate surface area is 210 Å². The molecule has 0 atom stereocenters. The Balaban J connectivity index is 1.51. The molecule has 2 aromatic heterocycles. The van der Waals surface area contributed by atoms with Crippen molar-refractivity contribution in [2.45, 2.75) is 32.7 Å². The summed E-state index contributed by atoms with van der Waals surface area (Å²) in [5.74, 6) is 0.698. The van der Waals surface area contributed by atoms with E-state index in [4.69, 9.17) is 11.6 Å². The number of nitrogens with zero attached hydrogens (tertiary/aromatic N) is 3. The molecule has 0 saturated heterocycles. The maximum Gasteiger partial charge on any atom is 0.318 e. The number of H-pyrrole nitrogens is 1. The Hall–Kier alpha value is -3.30. The van der Waals surface area contributed by atoms with E-state index in [0.717, 1.165) is 53.2 Å². The molecule has 9 nitrogen and oxygen atoms in total. The number of likely N-dealkylation sites (N-methyl/N-ethyl adjacent to an activating group) is 1. The highest BCUT2D eigenvalue weighted by atomic mass is 35.5. The quantitative estimate of drug-likeness (QED) is 0.306. The van der Waals surface area contributed by atoms with Gasteiger partial charge in [-0.25, -0.2) is 14.8 Å². The zero-order valence-electron chi connectivity index (χ0n) is 20.6. The lowest BCUT2D eigenvalue weighted by molar-refractivity contribution is 0.193. The molecule has 0 radical (unpaired) electrons. The van der Waals surface area contributed by atoms with Gasteiger partial charge in [0.15, 0.2) is 0 Å². The fourth-order valence-electron chi connectivity index (χ4n) is 3.94. The van der Waals surface area contributed by atoms with E-state index in [0.29, 0.717) is 23.9 Å². The molecule has 0 unspecified atom stereocenters. The van der Waals surface area contributed by atoms with Crippen LogP contribution < -0.4 is 21.3 Å². The topological polar surface area (TPSA) is 110 Å². The molecule has 4 rings (SSSR count). The van der Waals surface area contributed by atoms with Crippen LogP contribution in [0.25, 0.3) is 16.6 Å². The van der Waals surface area contributed by atoms with Crippen LogP contribution in [0.1, 0.15) is 32.9 Å². The highest BCUT2D eigenvalue weighted by Crippen LogP contribution is 2.31. The van der Waals surface area contributed by atoms with Gasteiger partial charge >= 0.3 is 6.03 Å². The summed E-state index contributed by atoms with van der Waals surface area (Å²) >= 11 is 6.35. The number of anilines is 3. The Kier molecular flexibility index (Phi) is 7.47. The smallest absolute Gasteiger partial charge is 0.318 e. The number of nitrogens with one attached hydrogen (secondary N) is 5. The van der Waals surface area contributed by atoms with Crippen molar-refractivity contribution in [1.29, 1.82) is 0 Å². The molecule has 35 heavy (non-hydrogen) atoms. The summed E-state index contributed by atoms with van der Waals surface area (Å²) in [6.45, 7) is 8.82. The van der Waals surface area contributed by atoms with E-state index < -0.39 is 0 Å². The van der Waals surface area contributed by atoms with Gasteiger partial charge in [-0.15, -0.1) is 0 Å². The number of aromatic amines is 1. The van der Waals surface area contributed by atoms with Gasteiger partial charge in [-0.2, -0.15) is 0 Å². The number of benzene rings is 1. The molecule has 0 bridgehead atoms. The summed E-state index contributed by atoms with van der Waals surface area (Å²) < 4.78 is 0. The number of hydrogen-bond donors (Lipinski definition) is 5. The normalized spacial score (nSPS) is 14.1. The predicted molar refractivity (Wildman–Crippen MR) is 143 cm³/mol. The predicted octanol–water partition coefficient (Wildman–Crippen LogP) is 4.58. The van der Waals surface area contributed by atoms with Gasteiger partial charge in [0, 0.05) is 53.8 Å². The second-order valence-electron chi connectivity index (χ2n) is 9.66. The lowest BCUT2D eigenvalue weighted by atomic mass is 10.0. The van der Waals surface area contributed by atoms with Gasteiger partial charge in [0.2, 0.25) is 0 Å². The lowest BCUT2D eigenvalue weighted by Gasteiger charge is -2.30. The number of halogens is 1. The van der Waals surface area contributed by atoms with Crippen LogP contribution in [0.15, 0.2) is 36.7 Å². The Morgan fingerprint density at radius 3 is 2.66 bits per heavy atom. The molecule has 5 N–H and O–H groups in total. The third kappa shape index (κ3) is 6.43. The van der Waals surface area contributed by atoms with Gasteiger partial charge in [-0.05, 0) is 64.1 Å². The fourth-order valence-corrected chi connectivity index (χ4v) is 4.18.